The van der Waals surface area contributed by atoms with E-state index in [1.807, 2.05) is 48.7 Å². The van der Waals surface area contributed by atoms with Crippen molar-refractivity contribution >= 4 is 38.7 Å². The molecular weight excluding hydrogens is 408 g/mol. The molecule has 29 heavy (non-hydrogen) atoms. The molecule has 2 aromatic carbocycles. The first kappa shape index (κ1) is 21.4. The summed E-state index contributed by atoms with van der Waals surface area (Å²) in [4.78, 5) is 19.1. The molecule has 9 heteroatoms. The molecule has 0 saturated heterocycles. The van der Waals surface area contributed by atoms with Gasteiger partial charge in [-0.05, 0) is 37.6 Å². The quantitative estimate of drug-likeness (QED) is 0.579. The number of aromatic nitrogens is 2. The van der Waals surface area contributed by atoms with Crippen LogP contribution in [0.5, 0.6) is 0 Å². The number of carbonyl (C=O) groups excluding carboxylic acids is 1. The molecule has 2 N–H and O–H groups in total. The van der Waals surface area contributed by atoms with Gasteiger partial charge in [0, 0.05) is 20.1 Å². The van der Waals surface area contributed by atoms with Gasteiger partial charge in [-0.3, -0.25) is 4.79 Å². The van der Waals surface area contributed by atoms with Gasteiger partial charge in [-0.1, -0.05) is 42.1 Å². The molecule has 154 valence electrons. The summed E-state index contributed by atoms with van der Waals surface area (Å²) in [5.41, 5.74) is 2.41. The molecule has 0 aliphatic rings. The molecule has 3 aromatic rings. The second-order valence-corrected chi connectivity index (χ2v) is 9.64. The zero-order valence-electron chi connectivity index (χ0n) is 16.6. The Labute approximate surface area is 175 Å². The lowest BCUT2D eigenvalue weighted by molar-refractivity contribution is -0.129. The van der Waals surface area contributed by atoms with Crippen LogP contribution in [0, 0.1) is 0 Å². The fourth-order valence-corrected chi connectivity index (χ4v) is 4.75. The fourth-order valence-electron chi connectivity index (χ4n) is 3.11. The minimum Gasteiger partial charge on any atom is -0.340 e. The number of nitrogens with zero attached hydrogens (tertiary/aromatic N) is 3. The Balaban J connectivity index is 1.81. The number of amides is 1. The average molecular weight is 433 g/mol. The smallest absolute Gasteiger partial charge is 0.238 e. The number of sulfonamides is 1. The Kier molecular flexibility index (Phi) is 6.30. The van der Waals surface area contributed by atoms with E-state index in [2.05, 4.69) is 4.98 Å². The molecule has 0 aliphatic heterocycles. The number of rotatable bonds is 7. The van der Waals surface area contributed by atoms with Gasteiger partial charge >= 0.3 is 0 Å². The number of aryl methyl sites for hydroxylation is 1. The molecule has 1 amide bonds. The van der Waals surface area contributed by atoms with Crippen molar-refractivity contribution in [1.82, 2.24) is 14.5 Å². The summed E-state index contributed by atoms with van der Waals surface area (Å²) in [6.45, 7) is 5.01. The van der Waals surface area contributed by atoms with E-state index in [0.29, 0.717) is 23.8 Å². The largest absolute Gasteiger partial charge is 0.340 e. The molecule has 0 aliphatic carbocycles. The minimum absolute atomic E-state index is 0.00112. The fraction of sp³-hybridized carbons (Fsp3) is 0.300. The number of hydrogen-bond donors (Lipinski definition) is 1. The third-order valence-corrected chi connectivity index (χ3v) is 6.59. The van der Waals surface area contributed by atoms with Gasteiger partial charge < -0.3 is 9.47 Å². The third kappa shape index (κ3) is 4.80. The van der Waals surface area contributed by atoms with Crippen LogP contribution in [0.3, 0.4) is 0 Å². The van der Waals surface area contributed by atoms with Crippen LogP contribution in [0.2, 0.25) is 0 Å². The summed E-state index contributed by atoms with van der Waals surface area (Å²) in [5.74, 6) is -0.00112. The molecule has 1 atom stereocenters. The lowest BCUT2D eigenvalue weighted by atomic mass is 10.2. The number of thioether (sulfide) groups is 1. The number of carbonyl (C=O) groups is 1. The average Bonchev–Trinajstić information content (AvgIpc) is 3.03. The van der Waals surface area contributed by atoms with Crippen molar-refractivity contribution in [3.05, 3.63) is 54.1 Å². The minimum atomic E-state index is -3.80. The topological polar surface area (TPSA) is 98.3 Å². The maximum Gasteiger partial charge on any atom is 0.238 e. The van der Waals surface area contributed by atoms with Gasteiger partial charge in [-0.15, -0.1) is 0 Å². The lowest BCUT2D eigenvalue weighted by Gasteiger charge is -2.21. The van der Waals surface area contributed by atoms with E-state index in [4.69, 9.17) is 5.14 Å². The van der Waals surface area contributed by atoms with Gasteiger partial charge in [0.05, 0.1) is 21.2 Å². The van der Waals surface area contributed by atoms with Crippen LogP contribution >= 0.6 is 11.8 Å². The maximum atomic E-state index is 12.8. The summed E-state index contributed by atoms with van der Waals surface area (Å²) in [7, 11) is -2.01. The number of primary sulfonamides is 1. The van der Waals surface area contributed by atoms with Crippen molar-refractivity contribution in [2.45, 2.75) is 42.2 Å². The molecular formula is C20H24N4O3S2. The highest BCUT2D eigenvalue weighted by Gasteiger charge is 2.22. The highest BCUT2D eigenvalue weighted by Crippen LogP contribution is 2.29. The van der Waals surface area contributed by atoms with E-state index >= 15 is 0 Å². The highest BCUT2D eigenvalue weighted by atomic mass is 32.2. The van der Waals surface area contributed by atoms with Gasteiger partial charge in [0.2, 0.25) is 15.9 Å². The van der Waals surface area contributed by atoms with E-state index in [0.717, 1.165) is 11.1 Å². The zero-order valence-corrected chi connectivity index (χ0v) is 18.2. The molecule has 0 saturated carbocycles. The molecule has 7 nitrogen and oxygen atoms in total. The summed E-state index contributed by atoms with van der Waals surface area (Å²) >= 11 is 1.36. The van der Waals surface area contributed by atoms with Crippen molar-refractivity contribution in [2.24, 2.45) is 5.14 Å². The summed E-state index contributed by atoms with van der Waals surface area (Å²) < 4.78 is 25.2. The third-order valence-electron chi connectivity index (χ3n) is 4.60. The van der Waals surface area contributed by atoms with Crippen LogP contribution in [0.4, 0.5) is 0 Å². The summed E-state index contributed by atoms with van der Waals surface area (Å²) in [5, 5.41) is 5.55. The Morgan fingerprint density at radius 1 is 1.24 bits per heavy atom. The lowest BCUT2D eigenvalue weighted by Crippen LogP contribution is -2.32. The van der Waals surface area contributed by atoms with Crippen molar-refractivity contribution < 1.29 is 13.2 Å². The first-order valence-electron chi connectivity index (χ1n) is 9.19. The number of nitrogens with two attached hydrogens (primary N) is 1. The second kappa shape index (κ2) is 8.56. The number of fused-ring (bicyclic) bond motifs is 1. The van der Waals surface area contributed by atoms with Gasteiger partial charge in [0.1, 0.15) is 0 Å². The van der Waals surface area contributed by atoms with E-state index in [1.165, 1.54) is 23.9 Å². The highest BCUT2D eigenvalue weighted by molar-refractivity contribution is 8.00. The number of hydrogen-bond acceptors (Lipinski definition) is 5. The number of benzene rings is 2. The van der Waals surface area contributed by atoms with E-state index in [9.17, 15) is 13.2 Å². The molecule has 0 radical (unpaired) electrons. The van der Waals surface area contributed by atoms with Crippen molar-refractivity contribution in [3.8, 4) is 0 Å². The van der Waals surface area contributed by atoms with Gasteiger partial charge in [-0.25, -0.2) is 18.5 Å². The van der Waals surface area contributed by atoms with Crippen LogP contribution in [0.25, 0.3) is 11.0 Å². The van der Waals surface area contributed by atoms with E-state index in [-0.39, 0.29) is 16.1 Å². The predicted octanol–water partition coefficient (Wildman–Crippen LogP) is 2.84. The molecule has 1 unspecified atom stereocenters. The molecule has 0 spiro atoms. The van der Waals surface area contributed by atoms with Crippen molar-refractivity contribution in [1.29, 1.82) is 0 Å². The first-order valence-corrected chi connectivity index (χ1v) is 11.6. The van der Waals surface area contributed by atoms with Crippen LogP contribution in [0.15, 0.2) is 58.6 Å². The SMILES string of the molecule is CCn1c(SC(C)C(=O)N(C)Cc2ccccc2)nc2cc(S(N)(=O)=O)ccc21. The standard InChI is InChI=1S/C20H24N4O3S2/c1-4-24-18-11-10-16(29(21,26)27)12-17(18)22-20(24)28-14(2)19(25)23(3)13-15-8-6-5-7-9-15/h5-12,14H,4,13H2,1-3H3,(H2,21,26,27). The van der Waals surface area contributed by atoms with E-state index in [1.54, 1.807) is 18.0 Å². The zero-order chi connectivity index (χ0) is 21.2. The first-order chi connectivity index (χ1) is 13.7. The van der Waals surface area contributed by atoms with Crippen molar-refractivity contribution in [2.75, 3.05) is 7.05 Å². The van der Waals surface area contributed by atoms with Crippen LogP contribution < -0.4 is 5.14 Å². The summed E-state index contributed by atoms with van der Waals surface area (Å²) in [6, 6.07) is 14.5. The van der Waals surface area contributed by atoms with Crippen LogP contribution in [0.1, 0.15) is 19.4 Å². The molecule has 3 rings (SSSR count). The van der Waals surface area contributed by atoms with Gasteiger partial charge in [0.25, 0.3) is 0 Å². The Hall–Kier alpha value is -2.36. The van der Waals surface area contributed by atoms with Crippen LogP contribution in [-0.2, 0) is 27.9 Å². The van der Waals surface area contributed by atoms with Crippen LogP contribution in [-0.4, -0.2) is 41.1 Å². The normalized spacial score (nSPS) is 12.8. The van der Waals surface area contributed by atoms with Gasteiger partial charge in [0.15, 0.2) is 5.16 Å². The summed E-state index contributed by atoms with van der Waals surface area (Å²) in [6.07, 6.45) is 0. The predicted molar refractivity (Wildman–Crippen MR) is 115 cm³/mol. The molecule has 1 heterocycles. The Bertz CT molecular complexity index is 1130. The molecule has 0 fully saturated rings. The maximum absolute atomic E-state index is 12.8. The van der Waals surface area contributed by atoms with Gasteiger partial charge in [-0.2, -0.15) is 0 Å². The number of imidazole rings is 1. The van der Waals surface area contributed by atoms with E-state index < -0.39 is 10.0 Å². The second-order valence-electron chi connectivity index (χ2n) is 6.77. The Morgan fingerprint density at radius 3 is 2.55 bits per heavy atom. The monoisotopic (exact) mass is 432 g/mol. The molecule has 0 bridgehead atoms. The molecule has 1 aromatic heterocycles. The Morgan fingerprint density at radius 2 is 1.93 bits per heavy atom. The van der Waals surface area contributed by atoms with Crippen molar-refractivity contribution in [3.63, 3.8) is 0 Å².